The first-order valence-electron chi connectivity index (χ1n) is 41.0. The number of carbonyl (C=O) groups is 4. The van der Waals surface area contributed by atoms with Gasteiger partial charge in [0.05, 0.1) is 26.4 Å². The van der Waals surface area contributed by atoms with E-state index in [4.69, 9.17) is 37.0 Å². The predicted molar refractivity (Wildman–Crippen MR) is 400 cm³/mol. The maximum absolute atomic E-state index is 13.1. The van der Waals surface area contributed by atoms with Crippen molar-refractivity contribution in [3.05, 3.63) is 0 Å². The Morgan fingerprint density at radius 1 is 0.276 bits per heavy atom. The Balaban J connectivity index is 5.23. The summed E-state index contributed by atoms with van der Waals surface area (Å²) in [5.74, 6) is -0.576. The topological polar surface area (TPSA) is 237 Å². The molecule has 0 rings (SSSR count). The highest BCUT2D eigenvalue weighted by Crippen LogP contribution is 2.45. The smallest absolute Gasteiger partial charge is 0.462 e. The van der Waals surface area contributed by atoms with Crippen LogP contribution in [-0.4, -0.2) is 96.7 Å². The summed E-state index contributed by atoms with van der Waals surface area (Å²) in [6, 6.07) is 0. The van der Waals surface area contributed by atoms with Gasteiger partial charge in [0.2, 0.25) is 0 Å². The van der Waals surface area contributed by atoms with Gasteiger partial charge in [-0.1, -0.05) is 363 Å². The number of aliphatic hydroxyl groups is 1. The number of aliphatic hydroxyl groups excluding tert-OH is 1. The quantitative estimate of drug-likeness (QED) is 0.0222. The first-order valence-corrected chi connectivity index (χ1v) is 44.0. The van der Waals surface area contributed by atoms with E-state index in [1.807, 2.05) is 0 Å². The first-order chi connectivity index (χ1) is 47.4. The van der Waals surface area contributed by atoms with Crippen LogP contribution in [-0.2, 0) is 65.4 Å². The fourth-order valence-electron chi connectivity index (χ4n) is 12.2. The number of phosphoric ester groups is 2. The van der Waals surface area contributed by atoms with Crippen LogP contribution in [0.5, 0.6) is 0 Å². The third kappa shape index (κ3) is 72.4. The van der Waals surface area contributed by atoms with Crippen molar-refractivity contribution in [3.63, 3.8) is 0 Å². The Bertz CT molecular complexity index is 1890. The molecule has 0 saturated carbocycles. The molecule has 0 fully saturated rings. The van der Waals surface area contributed by atoms with Crippen molar-refractivity contribution in [2.75, 3.05) is 39.6 Å². The summed E-state index contributed by atoms with van der Waals surface area (Å²) in [7, 11) is -9.91. The van der Waals surface area contributed by atoms with E-state index in [9.17, 15) is 43.2 Å². The number of phosphoric acid groups is 2. The maximum Gasteiger partial charge on any atom is 0.472 e. The molecule has 0 spiro atoms. The maximum atomic E-state index is 13.1. The molecule has 98 heavy (non-hydrogen) atoms. The second-order valence-corrected chi connectivity index (χ2v) is 32.3. The highest BCUT2D eigenvalue weighted by atomic mass is 31.2. The predicted octanol–water partition coefficient (Wildman–Crippen LogP) is 23.5. The third-order valence-corrected chi connectivity index (χ3v) is 20.4. The lowest BCUT2D eigenvalue weighted by Gasteiger charge is -2.21. The summed E-state index contributed by atoms with van der Waals surface area (Å²) >= 11 is 0. The average molecular weight is 1440 g/mol. The molecule has 0 radical (unpaired) electrons. The van der Waals surface area contributed by atoms with Crippen molar-refractivity contribution in [2.45, 2.75) is 432 Å². The molecule has 582 valence electrons. The molecule has 0 amide bonds. The molecule has 0 aliphatic heterocycles. The molecule has 2 unspecified atom stereocenters. The fourth-order valence-corrected chi connectivity index (χ4v) is 13.8. The van der Waals surface area contributed by atoms with Gasteiger partial charge in [0, 0.05) is 25.7 Å². The fraction of sp³-hybridized carbons (Fsp3) is 0.949. The van der Waals surface area contributed by atoms with Gasteiger partial charge < -0.3 is 33.8 Å². The van der Waals surface area contributed by atoms with Gasteiger partial charge in [-0.2, -0.15) is 0 Å². The monoisotopic (exact) mass is 1440 g/mol. The second-order valence-electron chi connectivity index (χ2n) is 29.4. The van der Waals surface area contributed by atoms with Crippen LogP contribution < -0.4 is 0 Å². The molecule has 19 heteroatoms. The van der Waals surface area contributed by atoms with Crippen LogP contribution in [0.2, 0.25) is 0 Å². The minimum absolute atomic E-state index is 0.106. The van der Waals surface area contributed by atoms with Gasteiger partial charge in [0.1, 0.15) is 19.3 Å². The van der Waals surface area contributed by atoms with E-state index in [1.54, 1.807) is 0 Å². The van der Waals surface area contributed by atoms with Crippen molar-refractivity contribution >= 4 is 39.5 Å². The first kappa shape index (κ1) is 96.1. The van der Waals surface area contributed by atoms with Crippen molar-refractivity contribution in [3.8, 4) is 0 Å². The summed E-state index contributed by atoms with van der Waals surface area (Å²) in [5, 5.41) is 10.6. The summed E-state index contributed by atoms with van der Waals surface area (Å²) in [5.41, 5.74) is 0. The number of hydrogen-bond acceptors (Lipinski definition) is 15. The van der Waals surface area contributed by atoms with Crippen molar-refractivity contribution in [1.82, 2.24) is 0 Å². The van der Waals surface area contributed by atoms with E-state index in [0.717, 1.165) is 102 Å². The van der Waals surface area contributed by atoms with Crippen LogP contribution in [0.15, 0.2) is 0 Å². The molecule has 0 aliphatic rings. The van der Waals surface area contributed by atoms with Crippen molar-refractivity contribution in [2.24, 2.45) is 11.8 Å². The molecule has 0 aromatic rings. The van der Waals surface area contributed by atoms with Gasteiger partial charge in [-0.25, -0.2) is 9.13 Å². The molecule has 3 N–H and O–H groups in total. The van der Waals surface area contributed by atoms with Gasteiger partial charge in [-0.15, -0.1) is 0 Å². The molecule has 0 heterocycles. The number of esters is 4. The molecule has 0 bridgehead atoms. The molecule has 0 aliphatic carbocycles. The lowest BCUT2D eigenvalue weighted by molar-refractivity contribution is -0.161. The largest absolute Gasteiger partial charge is 0.472 e. The van der Waals surface area contributed by atoms with Crippen molar-refractivity contribution in [1.29, 1.82) is 0 Å². The van der Waals surface area contributed by atoms with Gasteiger partial charge in [-0.05, 0) is 37.5 Å². The van der Waals surface area contributed by atoms with E-state index in [-0.39, 0.29) is 25.7 Å². The zero-order valence-electron chi connectivity index (χ0n) is 64.1. The van der Waals surface area contributed by atoms with Crippen LogP contribution in [0.4, 0.5) is 0 Å². The standard InChI is InChI=1S/C79H154O17P2/c1-7-9-11-13-15-17-19-20-21-22-23-24-25-30-33-39-45-51-57-63-78(83)95-74(68-90-77(82)62-56-50-44-38-32-29-27-26-28-31-35-41-47-53-59-71(3)4)69-93-97(85,86)91-65-73(80)66-92-98(87,88)94-70-75(67-89-76(81)61-55-49-43-37-18-16-14-12-10-8-2)96-79(84)64-58-52-46-40-34-36-42-48-54-60-72(5)6/h71-75,80H,7-70H2,1-6H3,(H,85,86)(H,87,88)/t73-,74-,75-/m1/s1. The van der Waals surface area contributed by atoms with Crippen LogP contribution in [0.3, 0.4) is 0 Å². The Morgan fingerprint density at radius 2 is 0.469 bits per heavy atom. The zero-order chi connectivity index (χ0) is 72.1. The summed E-state index contributed by atoms with van der Waals surface area (Å²) < 4.78 is 68.6. The minimum atomic E-state index is -4.96. The van der Waals surface area contributed by atoms with Gasteiger partial charge in [0.15, 0.2) is 12.2 Å². The van der Waals surface area contributed by atoms with Crippen LogP contribution in [0.1, 0.15) is 414 Å². The van der Waals surface area contributed by atoms with E-state index in [0.29, 0.717) is 25.7 Å². The van der Waals surface area contributed by atoms with Crippen LogP contribution >= 0.6 is 15.6 Å². The molecule has 5 atom stereocenters. The molecular formula is C79H154O17P2. The normalized spacial score (nSPS) is 13.9. The number of ether oxygens (including phenoxy) is 4. The Hall–Kier alpha value is -1.94. The Labute approximate surface area is 600 Å². The Kier molecular flexibility index (Phi) is 69.3. The van der Waals surface area contributed by atoms with E-state index < -0.39 is 97.5 Å². The van der Waals surface area contributed by atoms with Crippen molar-refractivity contribution < 1.29 is 80.2 Å². The lowest BCUT2D eigenvalue weighted by Crippen LogP contribution is -2.30. The molecule has 0 aromatic heterocycles. The zero-order valence-corrected chi connectivity index (χ0v) is 65.9. The van der Waals surface area contributed by atoms with Gasteiger partial charge in [-0.3, -0.25) is 37.3 Å². The lowest BCUT2D eigenvalue weighted by atomic mass is 10.0. The van der Waals surface area contributed by atoms with Crippen LogP contribution in [0.25, 0.3) is 0 Å². The molecule has 17 nitrogen and oxygen atoms in total. The summed E-state index contributed by atoms with van der Waals surface area (Å²) in [6.45, 7) is 9.61. The summed E-state index contributed by atoms with van der Waals surface area (Å²) in [6.07, 6.45) is 59.7. The SMILES string of the molecule is CCCCCCCCCCCCCCCCCCCCCC(=O)O[C@H](COC(=O)CCCCCCCCCCCCCCCCC(C)C)COP(=O)(O)OC[C@@H](O)COP(=O)(O)OC[C@@H](COC(=O)CCCCCCCCCCCC)OC(=O)CCCCCCCCCCCC(C)C. The molecular weight excluding hydrogens is 1280 g/mol. The minimum Gasteiger partial charge on any atom is -0.462 e. The number of rotatable bonds is 78. The molecule has 0 aromatic carbocycles. The van der Waals surface area contributed by atoms with Crippen LogP contribution in [0, 0.1) is 11.8 Å². The highest BCUT2D eigenvalue weighted by Gasteiger charge is 2.30. The number of hydrogen-bond donors (Lipinski definition) is 3. The van der Waals surface area contributed by atoms with E-state index >= 15 is 0 Å². The highest BCUT2D eigenvalue weighted by molar-refractivity contribution is 7.47. The average Bonchev–Trinajstić information content (AvgIpc) is 0.994. The van der Waals surface area contributed by atoms with E-state index in [1.165, 1.54) is 231 Å². The number of carbonyl (C=O) groups excluding carboxylic acids is 4. The van der Waals surface area contributed by atoms with E-state index in [2.05, 4.69) is 41.5 Å². The van der Waals surface area contributed by atoms with Gasteiger partial charge in [0.25, 0.3) is 0 Å². The molecule has 0 saturated heterocycles. The second kappa shape index (κ2) is 70.7. The summed E-state index contributed by atoms with van der Waals surface area (Å²) in [4.78, 5) is 72.9. The van der Waals surface area contributed by atoms with Gasteiger partial charge >= 0.3 is 39.5 Å². The Morgan fingerprint density at radius 3 is 0.694 bits per heavy atom. The number of unbranched alkanes of at least 4 members (excludes halogenated alkanes) is 48. The third-order valence-electron chi connectivity index (χ3n) is 18.5.